The molecule has 0 atom stereocenters. The van der Waals surface area contributed by atoms with Crippen molar-refractivity contribution < 1.29 is 0 Å². The molecule has 2 aromatic heterocycles. The molecule has 2 aromatic rings. The summed E-state index contributed by atoms with van der Waals surface area (Å²) in [4.78, 5) is 4.84. The highest BCUT2D eigenvalue weighted by Gasteiger charge is 2.19. The van der Waals surface area contributed by atoms with Gasteiger partial charge in [-0.15, -0.1) is 0 Å². The molecule has 0 fully saturated rings. The monoisotopic (exact) mass is 230 g/mol. The van der Waals surface area contributed by atoms with Crippen molar-refractivity contribution in [1.82, 2.24) is 9.55 Å². The summed E-state index contributed by atoms with van der Waals surface area (Å²) in [5.41, 5.74) is 2.41. The fraction of sp³-hybridized carbons (Fsp3) is 0.533. The van der Waals surface area contributed by atoms with E-state index in [1.54, 1.807) is 0 Å². The number of nitrogens with zero attached hydrogens (tertiary/aromatic N) is 2. The van der Waals surface area contributed by atoms with Crippen LogP contribution in [0.4, 0.5) is 0 Å². The van der Waals surface area contributed by atoms with Gasteiger partial charge in [-0.25, -0.2) is 4.98 Å². The molecule has 0 saturated heterocycles. The zero-order chi connectivity index (χ0) is 12.8. The standard InChI is InChI=1S/C15H22N2/c1-14(2,3)12-8-7-11-9-10-17(13(11)16-12)15(4,5)6/h7-10H,1-6H3. The Morgan fingerprint density at radius 2 is 1.59 bits per heavy atom. The molecule has 0 amide bonds. The van der Waals surface area contributed by atoms with Gasteiger partial charge in [0.2, 0.25) is 0 Å². The molecule has 0 spiro atoms. The van der Waals surface area contributed by atoms with Crippen molar-refractivity contribution in [1.29, 1.82) is 0 Å². The third-order valence-electron chi connectivity index (χ3n) is 3.03. The number of pyridine rings is 1. The van der Waals surface area contributed by atoms with Crippen LogP contribution in [0.2, 0.25) is 0 Å². The summed E-state index contributed by atoms with van der Waals surface area (Å²) in [6.07, 6.45) is 2.13. The molecule has 0 unspecified atom stereocenters. The van der Waals surface area contributed by atoms with Gasteiger partial charge in [-0.1, -0.05) is 20.8 Å². The van der Waals surface area contributed by atoms with Crippen LogP contribution in [0.15, 0.2) is 24.4 Å². The minimum Gasteiger partial charge on any atom is -0.327 e. The zero-order valence-electron chi connectivity index (χ0n) is 11.7. The summed E-state index contributed by atoms with van der Waals surface area (Å²) < 4.78 is 2.25. The second-order valence-electron chi connectivity index (χ2n) is 6.72. The van der Waals surface area contributed by atoms with E-state index in [-0.39, 0.29) is 11.0 Å². The molecule has 17 heavy (non-hydrogen) atoms. The molecule has 0 aliphatic heterocycles. The van der Waals surface area contributed by atoms with Crippen molar-refractivity contribution in [2.75, 3.05) is 0 Å². The number of hydrogen-bond donors (Lipinski definition) is 0. The van der Waals surface area contributed by atoms with E-state index >= 15 is 0 Å². The van der Waals surface area contributed by atoms with Crippen molar-refractivity contribution >= 4 is 11.0 Å². The number of aromatic nitrogens is 2. The first kappa shape index (κ1) is 12.2. The van der Waals surface area contributed by atoms with Gasteiger partial charge in [0.25, 0.3) is 0 Å². The summed E-state index contributed by atoms with van der Waals surface area (Å²) in [7, 11) is 0. The van der Waals surface area contributed by atoms with E-state index in [0.29, 0.717) is 0 Å². The highest BCUT2D eigenvalue weighted by molar-refractivity contribution is 5.76. The lowest BCUT2D eigenvalue weighted by Gasteiger charge is -2.23. The molecule has 0 aliphatic carbocycles. The van der Waals surface area contributed by atoms with Crippen LogP contribution >= 0.6 is 0 Å². The van der Waals surface area contributed by atoms with Crippen LogP contribution in [0.5, 0.6) is 0 Å². The lowest BCUT2D eigenvalue weighted by atomic mass is 9.91. The van der Waals surface area contributed by atoms with Gasteiger partial charge in [-0.2, -0.15) is 0 Å². The lowest BCUT2D eigenvalue weighted by Crippen LogP contribution is -2.22. The molecular formula is C15H22N2. The molecule has 0 N–H and O–H groups in total. The van der Waals surface area contributed by atoms with Gasteiger partial charge in [0.1, 0.15) is 5.65 Å². The quantitative estimate of drug-likeness (QED) is 0.666. The average Bonchev–Trinajstić information content (AvgIpc) is 2.57. The molecule has 2 rings (SSSR count). The fourth-order valence-electron chi connectivity index (χ4n) is 1.97. The summed E-state index contributed by atoms with van der Waals surface area (Å²) in [5.74, 6) is 0. The van der Waals surface area contributed by atoms with E-state index in [4.69, 9.17) is 4.98 Å². The Hall–Kier alpha value is -1.31. The van der Waals surface area contributed by atoms with Crippen molar-refractivity contribution in [2.45, 2.75) is 52.5 Å². The summed E-state index contributed by atoms with van der Waals surface area (Å²) >= 11 is 0. The Morgan fingerprint density at radius 1 is 0.941 bits per heavy atom. The predicted molar refractivity (Wildman–Crippen MR) is 73.4 cm³/mol. The summed E-state index contributed by atoms with van der Waals surface area (Å²) in [6, 6.07) is 6.44. The van der Waals surface area contributed by atoms with E-state index in [1.165, 1.54) is 5.39 Å². The Bertz CT molecular complexity index is 536. The van der Waals surface area contributed by atoms with Crippen molar-refractivity contribution in [3.05, 3.63) is 30.1 Å². The second kappa shape index (κ2) is 3.59. The van der Waals surface area contributed by atoms with Gasteiger partial charge in [-0.3, -0.25) is 0 Å². The Morgan fingerprint density at radius 3 is 2.12 bits per heavy atom. The fourth-order valence-corrected chi connectivity index (χ4v) is 1.97. The maximum atomic E-state index is 4.84. The van der Waals surface area contributed by atoms with Crippen molar-refractivity contribution in [3.8, 4) is 0 Å². The minimum atomic E-state index is 0.0747. The van der Waals surface area contributed by atoms with Crippen molar-refractivity contribution in [2.24, 2.45) is 0 Å². The molecule has 92 valence electrons. The van der Waals surface area contributed by atoms with Crippen LogP contribution in [0, 0.1) is 0 Å². The maximum absolute atomic E-state index is 4.84. The van der Waals surface area contributed by atoms with Crippen LogP contribution in [0.1, 0.15) is 47.2 Å². The van der Waals surface area contributed by atoms with Crippen LogP contribution in [-0.4, -0.2) is 9.55 Å². The molecular weight excluding hydrogens is 208 g/mol. The molecule has 0 radical (unpaired) electrons. The topological polar surface area (TPSA) is 17.8 Å². The first-order valence-electron chi connectivity index (χ1n) is 6.19. The first-order valence-corrected chi connectivity index (χ1v) is 6.19. The van der Waals surface area contributed by atoms with Crippen LogP contribution in [0.3, 0.4) is 0 Å². The van der Waals surface area contributed by atoms with E-state index in [1.807, 2.05) is 0 Å². The van der Waals surface area contributed by atoms with E-state index < -0.39 is 0 Å². The number of rotatable bonds is 0. The third kappa shape index (κ3) is 2.21. The highest BCUT2D eigenvalue weighted by Crippen LogP contribution is 2.26. The molecule has 0 aromatic carbocycles. The smallest absolute Gasteiger partial charge is 0.140 e. The zero-order valence-corrected chi connectivity index (χ0v) is 11.7. The van der Waals surface area contributed by atoms with Crippen LogP contribution in [0.25, 0.3) is 11.0 Å². The molecule has 2 nitrogen and oxygen atoms in total. The molecule has 2 heteroatoms. The molecule has 0 saturated carbocycles. The van der Waals surface area contributed by atoms with Gasteiger partial charge in [0.15, 0.2) is 0 Å². The SMILES string of the molecule is CC(C)(C)c1ccc2ccn(C(C)(C)C)c2n1. The largest absolute Gasteiger partial charge is 0.327 e. The molecule has 2 heterocycles. The minimum absolute atomic E-state index is 0.0747. The Balaban J connectivity index is 2.67. The van der Waals surface area contributed by atoms with Gasteiger partial charge in [-0.05, 0) is 39.0 Å². The van der Waals surface area contributed by atoms with E-state index in [0.717, 1.165) is 11.3 Å². The highest BCUT2D eigenvalue weighted by atomic mass is 15.1. The normalized spacial score (nSPS) is 13.3. The van der Waals surface area contributed by atoms with E-state index in [9.17, 15) is 0 Å². The third-order valence-corrected chi connectivity index (χ3v) is 3.03. The Kier molecular flexibility index (Phi) is 2.57. The van der Waals surface area contributed by atoms with Gasteiger partial charge in [0.05, 0.1) is 0 Å². The maximum Gasteiger partial charge on any atom is 0.140 e. The first-order chi connectivity index (χ1) is 7.69. The second-order valence-corrected chi connectivity index (χ2v) is 6.72. The Labute approximate surface area is 104 Å². The van der Waals surface area contributed by atoms with Gasteiger partial charge < -0.3 is 4.57 Å². The van der Waals surface area contributed by atoms with E-state index in [2.05, 4.69) is 70.5 Å². The van der Waals surface area contributed by atoms with Crippen LogP contribution < -0.4 is 0 Å². The van der Waals surface area contributed by atoms with Gasteiger partial charge >= 0.3 is 0 Å². The molecule has 0 bridgehead atoms. The van der Waals surface area contributed by atoms with Gasteiger partial charge in [0, 0.05) is 28.2 Å². The summed E-state index contributed by atoms with van der Waals surface area (Å²) in [5, 5.41) is 1.22. The lowest BCUT2D eigenvalue weighted by molar-refractivity contribution is 0.407. The average molecular weight is 230 g/mol. The predicted octanol–water partition coefficient (Wildman–Crippen LogP) is 4.09. The number of hydrogen-bond acceptors (Lipinski definition) is 1. The summed E-state index contributed by atoms with van der Waals surface area (Å²) in [6.45, 7) is 13.2. The van der Waals surface area contributed by atoms with Crippen LogP contribution in [-0.2, 0) is 11.0 Å². The van der Waals surface area contributed by atoms with Crippen molar-refractivity contribution in [3.63, 3.8) is 0 Å². The number of fused-ring (bicyclic) bond motifs is 1. The molecule has 0 aliphatic rings.